The second-order valence-corrected chi connectivity index (χ2v) is 13.8. The predicted molar refractivity (Wildman–Crippen MR) is 98.9 cm³/mol. The van der Waals surface area contributed by atoms with E-state index < -0.39 is 20.0 Å². The van der Waals surface area contributed by atoms with E-state index in [0.717, 1.165) is 0 Å². The minimum absolute atomic E-state index is 0.101. The van der Waals surface area contributed by atoms with Crippen LogP contribution >= 0.6 is 0 Å². The van der Waals surface area contributed by atoms with Crippen molar-refractivity contribution in [3.63, 3.8) is 0 Å². The van der Waals surface area contributed by atoms with Gasteiger partial charge in [0.15, 0.2) is 8.32 Å². The SMILES string of the molecule is CO[C@H]1CNC[C@@H](O[Si](C)(C)C(C)(C)C)[C@@H]1NC(=O)OC(C)(C)C. The molecule has 0 aliphatic carbocycles. The Labute approximate surface area is 148 Å². The second kappa shape index (κ2) is 7.72. The van der Waals surface area contributed by atoms with Gasteiger partial charge >= 0.3 is 6.09 Å². The number of methoxy groups -OCH3 is 1. The molecule has 7 heteroatoms. The van der Waals surface area contributed by atoms with Gasteiger partial charge in [-0.05, 0) is 38.9 Å². The van der Waals surface area contributed by atoms with E-state index in [1.54, 1.807) is 7.11 Å². The lowest BCUT2D eigenvalue weighted by atomic mass is 10.0. The highest BCUT2D eigenvalue weighted by molar-refractivity contribution is 6.74. The maximum absolute atomic E-state index is 12.2. The van der Waals surface area contributed by atoms with E-state index in [9.17, 15) is 4.79 Å². The fourth-order valence-electron chi connectivity index (χ4n) is 2.39. The number of piperidine rings is 1. The van der Waals surface area contributed by atoms with Crippen LogP contribution in [0, 0.1) is 0 Å². The van der Waals surface area contributed by atoms with Crippen LogP contribution in [0.1, 0.15) is 41.5 Å². The summed E-state index contributed by atoms with van der Waals surface area (Å²) in [6.07, 6.45) is -0.724. The normalized spacial score (nSPS) is 26.1. The van der Waals surface area contributed by atoms with Crippen LogP contribution in [0.4, 0.5) is 4.79 Å². The first-order valence-electron chi connectivity index (χ1n) is 8.68. The zero-order valence-corrected chi connectivity index (χ0v) is 17.8. The van der Waals surface area contributed by atoms with Gasteiger partial charge in [0.1, 0.15) is 5.60 Å². The molecule has 1 aliphatic rings. The van der Waals surface area contributed by atoms with Crippen LogP contribution in [-0.4, -0.2) is 58.5 Å². The van der Waals surface area contributed by atoms with Crippen molar-refractivity contribution in [2.24, 2.45) is 0 Å². The lowest BCUT2D eigenvalue weighted by molar-refractivity contribution is -0.0147. The summed E-state index contributed by atoms with van der Waals surface area (Å²) in [4.78, 5) is 12.2. The van der Waals surface area contributed by atoms with Crippen molar-refractivity contribution in [2.75, 3.05) is 20.2 Å². The summed E-state index contributed by atoms with van der Waals surface area (Å²) in [7, 11) is -0.304. The molecular weight excluding hydrogens is 324 g/mol. The molecule has 6 nitrogen and oxygen atoms in total. The monoisotopic (exact) mass is 360 g/mol. The maximum Gasteiger partial charge on any atom is 0.408 e. The number of alkyl carbamates (subject to hydrolysis) is 1. The number of amides is 1. The second-order valence-electron chi connectivity index (χ2n) is 9.02. The van der Waals surface area contributed by atoms with Gasteiger partial charge in [-0.2, -0.15) is 0 Å². The molecule has 0 saturated carbocycles. The molecular formula is C17H36N2O4Si. The van der Waals surface area contributed by atoms with Crippen LogP contribution in [0.3, 0.4) is 0 Å². The van der Waals surface area contributed by atoms with Crippen LogP contribution in [0.15, 0.2) is 0 Å². The maximum atomic E-state index is 12.2. The Morgan fingerprint density at radius 1 is 1.08 bits per heavy atom. The minimum Gasteiger partial charge on any atom is -0.444 e. The molecule has 142 valence electrons. The minimum atomic E-state index is -1.96. The molecule has 1 rings (SSSR count). The lowest BCUT2D eigenvalue weighted by Crippen LogP contribution is -2.64. The Bertz CT molecular complexity index is 429. The van der Waals surface area contributed by atoms with Gasteiger partial charge < -0.3 is 24.5 Å². The van der Waals surface area contributed by atoms with E-state index in [0.29, 0.717) is 13.1 Å². The summed E-state index contributed by atoms with van der Waals surface area (Å²) in [5, 5.41) is 6.41. The fourth-order valence-corrected chi connectivity index (χ4v) is 3.73. The first kappa shape index (κ1) is 21.4. The summed E-state index contributed by atoms with van der Waals surface area (Å²) in [6, 6.07) is -0.236. The van der Waals surface area contributed by atoms with Crippen molar-refractivity contribution in [3.8, 4) is 0 Å². The summed E-state index contributed by atoms with van der Waals surface area (Å²) in [5.74, 6) is 0. The largest absolute Gasteiger partial charge is 0.444 e. The Morgan fingerprint density at radius 3 is 2.08 bits per heavy atom. The third-order valence-electron chi connectivity index (χ3n) is 4.73. The topological polar surface area (TPSA) is 68.8 Å². The number of hydrogen-bond acceptors (Lipinski definition) is 5. The van der Waals surface area contributed by atoms with E-state index in [1.165, 1.54) is 0 Å². The number of hydrogen-bond donors (Lipinski definition) is 2. The van der Waals surface area contributed by atoms with Gasteiger partial charge in [0, 0.05) is 20.2 Å². The first-order valence-corrected chi connectivity index (χ1v) is 11.6. The Hall–Kier alpha value is -0.633. The van der Waals surface area contributed by atoms with Gasteiger partial charge in [0.25, 0.3) is 0 Å². The van der Waals surface area contributed by atoms with Crippen molar-refractivity contribution in [1.29, 1.82) is 0 Å². The Balaban J connectivity index is 2.89. The zero-order chi connectivity index (χ0) is 18.8. The highest BCUT2D eigenvalue weighted by Crippen LogP contribution is 2.38. The summed E-state index contributed by atoms with van der Waals surface area (Å²) >= 11 is 0. The van der Waals surface area contributed by atoms with Gasteiger partial charge in [-0.25, -0.2) is 4.79 Å². The molecule has 1 aliphatic heterocycles. The lowest BCUT2D eigenvalue weighted by Gasteiger charge is -2.45. The van der Waals surface area contributed by atoms with Crippen molar-refractivity contribution in [2.45, 2.75) is 83.5 Å². The summed E-state index contributed by atoms with van der Waals surface area (Å²) in [5.41, 5.74) is -0.532. The van der Waals surface area contributed by atoms with Crippen LogP contribution in [0.2, 0.25) is 18.1 Å². The van der Waals surface area contributed by atoms with Crippen LogP contribution in [0.25, 0.3) is 0 Å². The quantitative estimate of drug-likeness (QED) is 0.755. The Kier molecular flexibility index (Phi) is 6.89. The van der Waals surface area contributed by atoms with Gasteiger partial charge in [-0.15, -0.1) is 0 Å². The van der Waals surface area contributed by atoms with E-state index >= 15 is 0 Å². The number of carbonyl (C=O) groups is 1. The number of nitrogens with one attached hydrogen (secondary N) is 2. The third kappa shape index (κ3) is 6.02. The average molecular weight is 361 g/mol. The number of rotatable bonds is 4. The van der Waals surface area contributed by atoms with Crippen molar-refractivity contribution < 1.29 is 18.7 Å². The summed E-state index contributed by atoms with van der Waals surface area (Å²) in [6.45, 7) is 18.0. The number of ether oxygens (including phenoxy) is 2. The molecule has 0 aromatic rings. The molecule has 3 atom stereocenters. The van der Waals surface area contributed by atoms with Crippen LogP contribution < -0.4 is 10.6 Å². The molecule has 0 aromatic carbocycles. The molecule has 1 saturated heterocycles. The van der Waals surface area contributed by atoms with E-state index in [1.807, 2.05) is 20.8 Å². The highest BCUT2D eigenvalue weighted by Gasteiger charge is 2.44. The first-order chi connectivity index (χ1) is 10.8. The molecule has 0 unspecified atom stereocenters. The standard InChI is InChI=1S/C17H36N2O4Si/c1-16(2,3)22-15(20)19-14-12(21-7)10-18-11-13(14)23-24(8,9)17(4,5)6/h12-14,18H,10-11H2,1-9H3,(H,19,20)/t12-,13+,14+/m0/s1. The van der Waals surface area contributed by atoms with Crippen molar-refractivity contribution in [3.05, 3.63) is 0 Å². The molecule has 0 bridgehead atoms. The highest BCUT2D eigenvalue weighted by atomic mass is 28.4. The predicted octanol–water partition coefficient (Wildman–Crippen LogP) is 2.89. The van der Waals surface area contributed by atoms with Gasteiger partial charge in [-0.1, -0.05) is 20.8 Å². The Morgan fingerprint density at radius 2 is 1.62 bits per heavy atom. The van der Waals surface area contributed by atoms with Crippen LogP contribution in [0.5, 0.6) is 0 Å². The smallest absolute Gasteiger partial charge is 0.408 e. The summed E-state index contributed by atoms with van der Waals surface area (Å²) < 4.78 is 17.5. The van der Waals surface area contributed by atoms with Crippen molar-refractivity contribution in [1.82, 2.24) is 10.6 Å². The third-order valence-corrected chi connectivity index (χ3v) is 9.23. The number of carbonyl (C=O) groups excluding carboxylic acids is 1. The van der Waals surface area contributed by atoms with Gasteiger partial charge in [0.05, 0.1) is 18.2 Å². The van der Waals surface area contributed by atoms with E-state index in [4.69, 9.17) is 13.9 Å². The molecule has 0 aromatic heterocycles. The molecule has 1 fully saturated rings. The molecule has 1 amide bonds. The molecule has 24 heavy (non-hydrogen) atoms. The molecule has 0 spiro atoms. The fraction of sp³-hybridized carbons (Fsp3) is 0.941. The molecule has 0 radical (unpaired) electrons. The van der Waals surface area contributed by atoms with E-state index in [2.05, 4.69) is 44.5 Å². The van der Waals surface area contributed by atoms with Crippen LogP contribution in [-0.2, 0) is 13.9 Å². The van der Waals surface area contributed by atoms with Crippen molar-refractivity contribution >= 4 is 14.4 Å². The van der Waals surface area contributed by atoms with Gasteiger partial charge in [-0.3, -0.25) is 0 Å². The average Bonchev–Trinajstić information content (AvgIpc) is 2.36. The van der Waals surface area contributed by atoms with Gasteiger partial charge in [0.2, 0.25) is 0 Å². The molecule has 2 N–H and O–H groups in total. The zero-order valence-electron chi connectivity index (χ0n) is 16.8. The molecule has 1 heterocycles. The van der Waals surface area contributed by atoms with E-state index in [-0.39, 0.29) is 23.3 Å².